The summed E-state index contributed by atoms with van der Waals surface area (Å²) in [5.41, 5.74) is 0. The first-order valence-electron chi connectivity index (χ1n) is 13.1. The van der Waals surface area contributed by atoms with Gasteiger partial charge in [0.1, 0.15) is 0 Å². The molecule has 4 rings (SSSR count). The number of carbonyl (C=O) groups is 3. The van der Waals surface area contributed by atoms with Gasteiger partial charge in [0.15, 0.2) is 15.5 Å². The summed E-state index contributed by atoms with van der Waals surface area (Å²) in [7, 11) is 0. The van der Waals surface area contributed by atoms with Crippen LogP contribution in [-0.2, 0) is 14.4 Å². The van der Waals surface area contributed by atoms with E-state index in [0.717, 1.165) is 77.0 Å². The van der Waals surface area contributed by atoms with Crippen molar-refractivity contribution in [3.05, 3.63) is 0 Å². The number of rotatable bonds is 12. The number of hydrogen-bond donors (Lipinski definition) is 3. The Morgan fingerprint density at radius 1 is 0.528 bits per heavy atom. The average Bonchev–Trinajstić information content (AvgIpc) is 3.65. The van der Waals surface area contributed by atoms with Crippen LogP contribution in [0.3, 0.4) is 0 Å². The third-order valence-electron chi connectivity index (χ3n) is 6.73. The molecule has 1 heterocycles. The Labute approximate surface area is 225 Å². The molecule has 1 aromatic heterocycles. The number of hydrogen-bond acceptors (Lipinski definition) is 9. The number of carbonyl (C=O) groups excluding carboxylic acids is 3. The maximum Gasteiger partial charge on any atom is 0.230 e. The van der Waals surface area contributed by atoms with Gasteiger partial charge in [0.25, 0.3) is 0 Å². The van der Waals surface area contributed by atoms with E-state index in [0.29, 0.717) is 15.5 Å². The molecule has 3 amide bonds. The zero-order chi connectivity index (χ0) is 25.2. The summed E-state index contributed by atoms with van der Waals surface area (Å²) in [6.45, 7) is 0. The van der Waals surface area contributed by atoms with Gasteiger partial charge < -0.3 is 16.0 Å². The molecule has 0 aliphatic heterocycles. The van der Waals surface area contributed by atoms with Crippen LogP contribution in [0.1, 0.15) is 77.0 Å². The smallest absolute Gasteiger partial charge is 0.230 e. The Morgan fingerprint density at radius 3 is 1.03 bits per heavy atom. The molecule has 0 bridgehead atoms. The first-order chi connectivity index (χ1) is 17.5. The van der Waals surface area contributed by atoms with E-state index >= 15 is 0 Å². The quantitative estimate of drug-likeness (QED) is 0.335. The summed E-state index contributed by atoms with van der Waals surface area (Å²) in [6.07, 6.45) is 13.2. The van der Waals surface area contributed by atoms with Crippen molar-refractivity contribution in [2.24, 2.45) is 0 Å². The van der Waals surface area contributed by atoms with Crippen LogP contribution in [0, 0.1) is 0 Å². The Hall–Kier alpha value is -1.53. The van der Waals surface area contributed by atoms with Crippen LogP contribution in [-0.4, -0.2) is 68.1 Å². The molecule has 198 valence electrons. The molecular formula is C24H36N6O3S3. The van der Waals surface area contributed by atoms with Crippen molar-refractivity contribution < 1.29 is 14.4 Å². The van der Waals surface area contributed by atoms with Crippen LogP contribution in [0.5, 0.6) is 0 Å². The van der Waals surface area contributed by atoms with Gasteiger partial charge in [-0.2, -0.15) is 15.0 Å². The topological polar surface area (TPSA) is 126 Å². The van der Waals surface area contributed by atoms with Gasteiger partial charge in [-0.15, -0.1) is 0 Å². The summed E-state index contributed by atoms with van der Waals surface area (Å²) in [4.78, 5) is 50.6. The van der Waals surface area contributed by atoms with Gasteiger partial charge in [0.05, 0.1) is 17.3 Å². The molecule has 12 heteroatoms. The normalized spacial score (nSPS) is 19.0. The van der Waals surface area contributed by atoms with E-state index in [4.69, 9.17) is 0 Å². The lowest BCUT2D eigenvalue weighted by Gasteiger charge is -2.13. The lowest BCUT2D eigenvalue weighted by atomic mass is 10.2. The summed E-state index contributed by atoms with van der Waals surface area (Å²) >= 11 is 3.78. The molecular weight excluding hydrogens is 517 g/mol. The second kappa shape index (κ2) is 14.4. The van der Waals surface area contributed by atoms with Gasteiger partial charge in [-0.05, 0) is 38.5 Å². The lowest BCUT2D eigenvalue weighted by Crippen LogP contribution is -2.34. The molecule has 0 saturated heterocycles. The van der Waals surface area contributed by atoms with E-state index in [1.165, 1.54) is 35.3 Å². The predicted molar refractivity (Wildman–Crippen MR) is 143 cm³/mol. The molecule has 0 radical (unpaired) electrons. The number of thioether (sulfide) groups is 3. The number of nitrogens with one attached hydrogen (secondary N) is 3. The largest absolute Gasteiger partial charge is 0.353 e. The van der Waals surface area contributed by atoms with Crippen molar-refractivity contribution in [2.75, 3.05) is 17.3 Å². The number of nitrogens with zero attached hydrogens (tertiary/aromatic N) is 3. The van der Waals surface area contributed by atoms with E-state index in [2.05, 4.69) is 30.9 Å². The second-order valence-electron chi connectivity index (χ2n) is 9.70. The highest BCUT2D eigenvalue weighted by molar-refractivity contribution is 8.01. The average molecular weight is 553 g/mol. The third-order valence-corrected chi connectivity index (χ3v) is 9.27. The summed E-state index contributed by atoms with van der Waals surface area (Å²) in [5.74, 6) is 0.588. The van der Waals surface area contributed by atoms with Crippen LogP contribution in [0.25, 0.3) is 0 Å². The second-order valence-corrected chi connectivity index (χ2v) is 12.5. The van der Waals surface area contributed by atoms with Crippen molar-refractivity contribution in [1.82, 2.24) is 30.9 Å². The lowest BCUT2D eigenvalue weighted by molar-refractivity contribution is -0.120. The minimum Gasteiger partial charge on any atom is -0.353 e. The minimum atomic E-state index is -0.0254. The molecule has 0 spiro atoms. The van der Waals surface area contributed by atoms with E-state index in [-0.39, 0.29) is 53.1 Å². The van der Waals surface area contributed by atoms with Gasteiger partial charge in [0.2, 0.25) is 17.7 Å². The minimum absolute atomic E-state index is 0.0254. The molecule has 3 aliphatic rings. The van der Waals surface area contributed by atoms with E-state index < -0.39 is 0 Å². The highest BCUT2D eigenvalue weighted by Gasteiger charge is 2.21. The molecule has 0 atom stereocenters. The van der Waals surface area contributed by atoms with Gasteiger partial charge in [-0.1, -0.05) is 73.8 Å². The van der Waals surface area contributed by atoms with Gasteiger partial charge in [-0.3, -0.25) is 14.4 Å². The first-order valence-corrected chi connectivity index (χ1v) is 16.0. The molecule has 9 nitrogen and oxygen atoms in total. The number of amides is 3. The van der Waals surface area contributed by atoms with Crippen molar-refractivity contribution in [3.8, 4) is 0 Å². The molecule has 3 saturated carbocycles. The van der Waals surface area contributed by atoms with Crippen LogP contribution >= 0.6 is 35.3 Å². The SMILES string of the molecule is O=C(CSc1nc(SCC(=O)NC2CCCC2)nc(SCC(=O)NC2CCCC2)n1)NC1CCCC1. The van der Waals surface area contributed by atoms with Crippen molar-refractivity contribution in [1.29, 1.82) is 0 Å². The standard InChI is InChI=1S/C24H36N6O3S3/c31-19(25-16-7-1-2-8-16)13-34-22-28-23(35-14-20(32)26-17-9-3-4-10-17)30-24(29-22)36-15-21(33)27-18-11-5-6-12-18/h16-18H,1-15H2,(H,25,31)(H,26,32)(H,27,33). The zero-order valence-corrected chi connectivity index (χ0v) is 23.1. The third kappa shape index (κ3) is 9.41. The van der Waals surface area contributed by atoms with E-state index in [1.54, 1.807) is 0 Å². The molecule has 3 fully saturated rings. The molecule has 36 heavy (non-hydrogen) atoms. The van der Waals surface area contributed by atoms with Gasteiger partial charge in [-0.25, -0.2) is 0 Å². The Bertz CT molecular complexity index is 777. The molecule has 0 unspecified atom stereocenters. The van der Waals surface area contributed by atoms with Crippen molar-refractivity contribution in [3.63, 3.8) is 0 Å². The predicted octanol–water partition coefficient (Wildman–Crippen LogP) is 3.32. The molecule has 3 aliphatic carbocycles. The van der Waals surface area contributed by atoms with Gasteiger partial charge in [0, 0.05) is 18.1 Å². The van der Waals surface area contributed by atoms with Crippen molar-refractivity contribution >= 4 is 53.0 Å². The van der Waals surface area contributed by atoms with Crippen molar-refractivity contribution in [2.45, 2.75) is 111 Å². The first kappa shape index (κ1) is 27.5. The Balaban J connectivity index is 1.32. The maximum atomic E-state index is 12.4. The fourth-order valence-corrected chi connectivity index (χ4v) is 7.03. The van der Waals surface area contributed by atoms with Gasteiger partial charge >= 0.3 is 0 Å². The highest BCUT2D eigenvalue weighted by Crippen LogP contribution is 2.25. The fourth-order valence-electron chi connectivity index (χ4n) is 4.92. The van der Waals surface area contributed by atoms with Crippen LogP contribution in [0.15, 0.2) is 15.5 Å². The maximum absolute atomic E-state index is 12.4. The summed E-state index contributed by atoms with van der Waals surface area (Å²) < 4.78 is 0. The zero-order valence-electron chi connectivity index (χ0n) is 20.6. The molecule has 3 N–H and O–H groups in total. The van der Waals surface area contributed by atoms with Crippen LogP contribution in [0.2, 0.25) is 0 Å². The van der Waals surface area contributed by atoms with Crippen LogP contribution in [0.4, 0.5) is 0 Å². The van der Waals surface area contributed by atoms with E-state index in [1.807, 2.05) is 0 Å². The number of aromatic nitrogens is 3. The monoisotopic (exact) mass is 552 g/mol. The summed E-state index contributed by atoms with van der Waals surface area (Å²) in [6, 6.07) is 0.807. The molecule has 0 aromatic carbocycles. The Kier molecular flexibility index (Phi) is 11.0. The van der Waals surface area contributed by atoms with E-state index in [9.17, 15) is 14.4 Å². The highest BCUT2D eigenvalue weighted by atomic mass is 32.2. The fraction of sp³-hybridized carbons (Fsp3) is 0.750. The Morgan fingerprint density at radius 2 is 0.778 bits per heavy atom. The summed E-state index contributed by atoms with van der Waals surface area (Å²) in [5, 5.41) is 10.5. The van der Waals surface area contributed by atoms with Crippen LogP contribution < -0.4 is 16.0 Å². The molecule has 1 aromatic rings.